The van der Waals surface area contributed by atoms with Gasteiger partial charge in [-0.15, -0.1) is 0 Å². The molecule has 0 spiro atoms. The van der Waals surface area contributed by atoms with Gasteiger partial charge in [-0.25, -0.2) is 4.39 Å². The molecule has 1 rings (SSSR count). The smallest absolute Gasteiger partial charge is 0.424 e. The lowest BCUT2D eigenvalue weighted by Gasteiger charge is -2.35. The standard InChI is InChI=1S/C15H18F4O3/c1-9-5-6-10(12(22-4)11(9)16)13(2,3)7-14(21,8-20)15(17,18)19/h5-6,8,21H,7H2,1-4H3. The van der Waals surface area contributed by atoms with Gasteiger partial charge in [0, 0.05) is 12.0 Å². The largest absolute Gasteiger partial charge is 0.493 e. The monoisotopic (exact) mass is 322 g/mol. The third-order valence-electron chi connectivity index (χ3n) is 3.62. The second-order valence-electron chi connectivity index (χ2n) is 5.88. The van der Waals surface area contributed by atoms with Crippen LogP contribution in [-0.2, 0) is 10.2 Å². The Morgan fingerprint density at radius 1 is 1.27 bits per heavy atom. The maximum Gasteiger partial charge on any atom is 0.424 e. The zero-order valence-electron chi connectivity index (χ0n) is 12.7. The molecule has 0 radical (unpaired) electrons. The molecule has 0 saturated heterocycles. The van der Waals surface area contributed by atoms with Crippen LogP contribution in [-0.4, -0.2) is 30.3 Å². The van der Waals surface area contributed by atoms with Gasteiger partial charge in [0.1, 0.15) is 0 Å². The van der Waals surface area contributed by atoms with Crippen molar-refractivity contribution >= 4 is 6.29 Å². The number of aliphatic hydroxyl groups is 1. The third-order valence-corrected chi connectivity index (χ3v) is 3.62. The van der Waals surface area contributed by atoms with Crippen LogP contribution in [0.4, 0.5) is 17.6 Å². The minimum absolute atomic E-state index is 0.141. The summed E-state index contributed by atoms with van der Waals surface area (Å²) in [5, 5.41) is 9.61. The fraction of sp³-hybridized carbons (Fsp3) is 0.533. The van der Waals surface area contributed by atoms with Gasteiger partial charge >= 0.3 is 6.18 Å². The van der Waals surface area contributed by atoms with Crippen molar-refractivity contribution in [3.8, 4) is 5.75 Å². The van der Waals surface area contributed by atoms with E-state index < -0.39 is 35.7 Å². The Kier molecular flexibility index (Phi) is 4.91. The molecule has 124 valence electrons. The van der Waals surface area contributed by atoms with Gasteiger partial charge in [-0.3, -0.25) is 4.79 Å². The van der Waals surface area contributed by atoms with Crippen molar-refractivity contribution in [1.82, 2.24) is 0 Å². The first kappa shape index (κ1) is 18.4. The summed E-state index contributed by atoms with van der Waals surface area (Å²) in [5.41, 5.74) is -4.45. The number of hydrogen-bond donors (Lipinski definition) is 1. The van der Waals surface area contributed by atoms with Crippen LogP contribution < -0.4 is 4.74 Å². The molecule has 0 bridgehead atoms. The number of aryl methyl sites for hydroxylation is 1. The molecule has 0 aliphatic carbocycles. The number of benzene rings is 1. The Labute approximate surface area is 125 Å². The fourth-order valence-corrected chi connectivity index (χ4v) is 2.36. The van der Waals surface area contributed by atoms with Gasteiger partial charge in [0.25, 0.3) is 0 Å². The van der Waals surface area contributed by atoms with Crippen LogP contribution in [0, 0.1) is 12.7 Å². The zero-order chi connectivity index (χ0) is 17.3. The molecule has 0 fully saturated rings. The molecular formula is C15H18F4O3. The van der Waals surface area contributed by atoms with Crippen molar-refractivity contribution in [2.24, 2.45) is 0 Å². The van der Waals surface area contributed by atoms with Crippen LogP contribution in [0.1, 0.15) is 31.4 Å². The van der Waals surface area contributed by atoms with Gasteiger partial charge in [-0.1, -0.05) is 26.0 Å². The molecule has 0 heterocycles. The van der Waals surface area contributed by atoms with Crippen LogP contribution in [0.25, 0.3) is 0 Å². The molecule has 3 nitrogen and oxygen atoms in total. The summed E-state index contributed by atoms with van der Waals surface area (Å²) in [6.07, 6.45) is -6.61. The topological polar surface area (TPSA) is 46.5 Å². The molecule has 0 aliphatic heterocycles. The Bertz CT molecular complexity index is 567. The normalized spacial score (nSPS) is 15.3. The predicted octanol–water partition coefficient (Wildman–Crippen LogP) is 3.30. The maximum absolute atomic E-state index is 14.1. The molecule has 1 unspecified atom stereocenters. The number of carbonyl (C=O) groups excluding carboxylic acids is 1. The first-order valence-corrected chi connectivity index (χ1v) is 6.48. The number of aldehydes is 1. The van der Waals surface area contributed by atoms with E-state index >= 15 is 0 Å². The van der Waals surface area contributed by atoms with E-state index in [0.29, 0.717) is 0 Å². The van der Waals surface area contributed by atoms with E-state index in [1.165, 1.54) is 40.0 Å². The molecular weight excluding hydrogens is 304 g/mol. The minimum Gasteiger partial charge on any atom is -0.493 e. The average Bonchev–Trinajstić information content (AvgIpc) is 2.39. The van der Waals surface area contributed by atoms with Gasteiger partial charge in [-0.2, -0.15) is 13.2 Å². The SMILES string of the molecule is COc1c(C(C)(C)CC(O)(C=O)C(F)(F)F)ccc(C)c1F. The highest BCUT2D eigenvalue weighted by molar-refractivity contribution is 5.64. The summed E-state index contributed by atoms with van der Waals surface area (Å²) in [4.78, 5) is 10.8. The highest BCUT2D eigenvalue weighted by Crippen LogP contribution is 2.43. The number of alkyl halides is 3. The van der Waals surface area contributed by atoms with Gasteiger partial charge in [0.2, 0.25) is 5.60 Å². The van der Waals surface area contributed by atoms with Crippen LogP contribution >= 0.6 is 0 Å². The maximum atomic E-state index is 14.1. The van der Waals surface area contributed by atoms with Crippen LogP contribution in [0.2, 0.25) is 0 Å². The molecule has 1 atom stereocenters. The third kappa shape index (κ3) is 3.24. The van der Waals surface area contributed by atoms with Gasteiger partial charge in [0.05, 0.1) is 7.11 Å². The van der Waals surface area contributed by atoms with Crippen LogP contribution in [0.5, 0.6) is 5.75 Å². The number of methoxy groups -OCH3 is 1. The van der Waals surface area contributed by atoms with E-state index in [-0.39, 0.29) is 16.9 Å². The number of ether oxygens (including phenoxy) is 1. The van der Waals surface area contributed by atoms with Crippen molar-refractivity contribution in [2.75, 3.05) is 7.11 Å². The van der Waals surface area contributed by atoms with E-state index in [1.807, 2.05) is 0 Å². The van der Waals surface area contributed by atoms with Gasteiger partial charge in [-0.05, 0) is 17.9 Å². The highest BCUT2D eigenvalue weighted by atomic mass is 19.4. The fourth-order valence-electron chi connectivity index (χ4n) is 2.36. The summed E-state index contributed by atoms with van der Waals surface area (Å²) in [6.45, 7) is 4.24. The first-order valence-electron chi connectivity index (χ1n) is 6.48. The van der Waals surface area contributed by atoms with Crippen molar-refractivity contribution in [3.63, 3.8) is 0 Å². The molecule has 7 heteroatoms. The summed E-state index contributed by atoms with van der Waals surface area (Å²) in [6, 6.07) is 2.83. The molecule has 22 heavy (non-hydrogen) atoms. The lowest BCUT2D eigenvalue weighted by atomic mass is 9.74. The predicted molar refractivity (Wildman–Crippen MR) is 72.4 cm³/mol. The van der Waals surface area contributed by atoms with E-state index in [2.05, 4.69) is 0 Å². The molecule has 0 aromatic heterocycles. The molecule has 0 aliphatic rings. The van der Waals surface area contributed by atoms with E-state index in [1.54, 1.807) is 0 Å². The van der Waals surface area contributed by atoms with E-state index in [0.717, 1.165) is 0 Å². The molecule has 1 aromatic carbocycles. The minimum atomic E-state index is -5.12. The zero-order valence-corrected chi connectivity index (χ0v) is 12.7. The number of carbonyl (C=O) groups is 1. The summed E-state index contributed by atoms with van der Waals surface area (Å²) < 4.78 is 57.7. The second-order valence-corrected chi connectivity index (χ2v) is 5.88. The number of hydrogen-bond acceptors (Lipinski definition) is 3. The van der Waals surface area contributed by atoms with Crippen LogP contribution in [0.15, 0.2) is 12.1 Å². The van der Waals surface area contributed by atoms with Gasteiger partial charge < -0.3 is 9.84 Å². The van der Waals surface area contributed by atoms with E-state index in [4.69, 9.17) is 4.74 Å². The van der Waals surface area contributed by atoms with Gasteiger partial charge in [0.15, 0.2) is 17.9 Å². The number of halogens is 4. The van der Waals surface area contributed by atoms with Crippen molar-refractivity contribution in [2.45, 2.75) is 44.4 Å². The quantitative estimate of drug-likeness (QED) is 0.668. The van der Waals surface area contributed by atoms with Crippen molar-refractivity contribution in [1.29, 1.82) is 0 Å². The Balaban J connectivity index is 3.37. The van der Waals surface area contributed by atoms with E-state index in [9.17, 15) is 27.5 Å². The summed E-state index contributed by atoms with van der Waals surface area (Å²) in [5.74, 6) is -0.879. The molecule has 0 amide bonds. The Morgan fingerprint density at radius 3 is 2.23 bits per heavy atom. The Hall–Kier alpha value is -1.63. The van der Waals surface area contributed by atoms with Crippen molar-refractivity contribution < 1.29 is 32.2 Å². The lowest BCUT2D eigenvalue weighted by Crippen LogP contribution is -2.50. The summed E-state index contributed by atoms with van der Waals surface area (Å²) in [7, 11) is 1.20. The summed E-state index contributed by atoms with van der Waals surface area (Å²) >= 11 is 0. The van der Waals surface area contributed by atoms with Crippen molar-refractivity contribution in [3.05, 3.63) is 29.1 Å². The average molecular weight is 322 g/mol. The first-order chi connectivity index (χ1) is 9.89. The van der Waals surface area contributed by atoms with Crippen LogP contribution in [0.3, 0.4) is 0 Å². The lowest BCUT2D eigenvalue weighted by molar-refractivity contribution is -0.250. The molecule has 0 saturated carbocycles. The second kappa shape index (κ2) is 5.87. The highest BCUT2D eigenvalue weighted by Gasteiger charge is 2.56. The Morgan fingerprint density at radius 2 is 1.82 bits per heavy atom. The molecule has 1 N–H and O–H groups in total. The molecule has 1 aromatic rings. The number of rotatable bonds is 5.